The largest absolute Gasteiger partial charge is 0.448 e. The van der Waals surface area contributed by atoms with E-state index in [-0.39, 0.29) is 35.8 Å². The highest BCUT2D eigenvalue weighted by Gasteiger charge is 2.46. The lowest BCUT2D eigenvalue weighted by molar-refractivity contribution is -0.124. The van der Waals surface area contributed by atoms with Crippen molar-refractivity contribution in [2.75, 3.05) is 6.61 Å². The molecule has 4 aromatic rings. The van der Waals surface area contributed by atoms with Crippen molar-refractivity contribution in [1.29, 1.82) is 5.26 Å². The zero-order valence-corrected chi connectivity index (χ0v) is 23.4. The minimum atomic E-state index is -0.247. The maximum absolute atomic E-state index is 13.4. The summed E-state index contributed by atoms with van der Waals surface area (Å²) in [5, 5.41) is 9.42. The number of carbonyl (C=O) groups excluding carboxylic acids is 2. The van der Waals surface area contributed by atoms with Crippen molar-refractivity contribution in [1.82, 2.24) is 4.90 Å². The zero-order chi connectivity index (χ0) is 28.6. The van der Waals surface area contributed by atoms with E-state index in [9.17, 15) is 14.9 Å². The van der Waals surface area contributed by atoms with Crippen molar-refractivity contribution in [3.8, 4) is 28.3 Å². The summed E-state index contributed by atoms with van der Waals surface area (Å²) in [6, 6.07) is 34.6. The molecule has 42 heavy (non-hydrogen) atoms. The predicted octanol–water partition coefficient (Wildman–Crippen LogP) is 7.53. The summed E-state index contributed by atoms with van der Waals surface area (Å²) in [4.78, 5) is 28.7. The van der Waals surface area contributed by atoms with Crippen molar-refractivity contribution in [3.63, 3.8) is 0 Å². The van der Waals surface area contributed by atoms with Gasteiger partial charge in [-0.05, 0) is 70.7 Å². The minimum Gasteiger partial charge on any atom is -0.448 e. The fourth-order valence-corrected chi connectivity index (χ4v) is 7.39. The van der Waals surface area contributed by atoms with Crippen LogP contribution in [0.15, 0.2) is 97.1 Å². The zero-order valence-electron chi connectivity index (χ0n) is 23.4. The van der Waals surface area contributed by atoms with Crippen molar-refractivity contribution in [2.45, 2.75) is 50.1 Å². The van der Waals surface area contributed by atoms with Gasteiger partial charge in [-0.1, -0.05) is 91.0 Å². The van der Waals surface area contributed by atoms with Crippen molar-refractivity contribution >= 4 is 11.9 Å². The Morgan fingerprint density at radius 3 is 1.95 bits per heavy atom. The summed E-state index contributed by atoms with van der Waals surface area (Å²) in [7, 11) is 0. The Morgan fingerprint density at radius 2 is 1.33 bits per heavy atom. The van der Waals surface area contributed by atoms with Crippen LogP contribution >= 0.6 is 0 Å². The maximum Gasteiger partial charge on any atom is 0.410 e. The van der Waals surface area contributed by atoms with Crippen LogP contribution in [-0.4, -0.2) is 35.5 Å². The number of nitriles is 1. The fraction of sp³-hybridized carbons (Fsp3) is 0.270. The molecule has 2 aliphatic heterocycles. The average Bonchev–Trinajstić information content (AvgIpc) is 3.50. The first-order chi connectivity index (χ1) is 20.6. The van der Waals surface area contributed by atoms with Crippen LogP contribution in [0.5, 0.6) is 0 Å². The second-order valence-electron chi connectivity index (χ2n) is 11.8. The highest BCUT2D eigenvalue weighted by molar-refractivity contribution is 5.84. The molecule has 7 rings (SSSR count). The number of rotatable bonds is 6. The van der Waals surface area contributed by atoms with E-state index >= 15 is 0 Å². The number of hydrogen-bond donors (Lipinski definition) is 0. The lowest BCUT2D eigenvalue weighted by atomic mass is 9.85. The van der Waals surface area contributed by atoms with Gasteiger partial charge in [0.1, 0.15) is 12.4 Å². The third-order valence-electron chi connectivity index (χ3n) is 9.43. The van der Waals surface area contributed by atoms with Crippen LogP contribution in [0.25, 0.3) is 22.3 Å². The molecule has 2 saturated heterocycles. The van der Waals surface area contributed by atoms with E-state index in [1.54, 1.807) is 0 Å². The van der Waals surface area contributed by atoms with Gasteiger partial charge >= 0.3 is 6.09 Å². The van der Waals surface area contributed by atoms with Crippen molar-refractivity contribution < 1.29 is 14.3 Å². The second-order valence-corrected chi connectivity index (χ2v) is 11.8. The van der Waals surface area contributed by atoms with Gasteiger partial charge in [-0.25, -0.2) is 4.79 Å². The molecule has 2 heterocycles. The van der Waals surface area contributed by atoms with Gasteiger partial charge in [0.15, 0.2) is 0 Å². The number of benzene rings is 4. The predicted molar refractivity (Wildman–Crippen MR) is 162 cm³/mol. The first-order valence-electron chi connectivity index (χ1n) is 14.8. The Hall–Kier alpha value is -4.69. The summed E-state index contributed by atoms with van der Waals surface area (Å²) in [5.74, 6) is 0.237. The monoisotopic (exact) mass is 552 g/mol. The number of fused-ring (bicyclic) bond motifs is 5. The Balaban J connectivity index is 0.979. The van der Waals surface area contributed by atoms with Crippen molar-refractivity contribution in [2.24, 2.45) is 5.92 Å². The lowest BCUT2D eigenvalue weighted by Crippen LogP contribution is -2.48. The van der Waals surface area contributed by atoms with Crippen LogP contribution in [0.1, 0.15) is 53.9 Å². The molecule has 0 spiro atoms. The Labute approximate surface area is 246 Å². The average molecular weight is 553 g/mol. The number of hydrogen-bond acceptors (Lipinski definition) is 4. The summed E-state index contributed by atoms with van der Waals surface area (Å²) in [5.41, 5.74) is 8.34. The van der Waals surface area contributed by atoms with Gasteiger partial charge in [-0.2, -0.15) is 5.26 Å². The lowest BCUT2D eigenvalue weighted by Gasteiger charge is -2.37. The van der Waals surface area contributed by atoms with Gasteiger partial charge in [-0.3, -0.25) is 4.79 Å². The van der Waals surface area contributed by atoms with E-state index in [0.717, 1.165) is 29.5 Å². The first-order valence-corrected chi connectivity index (χ1v) is 14.8. The Bertz CT molecular complexity index is 1640. The molecule has 0 saturated carbocycles. The minimum absolute atomic E-state index is 0.0397. The molecule has 1 aliphatic carbocycles. The molecule has 0 radical (unpaired) electrons. The molecule has 0 N–H and O–H groups in total. The Kier molecular flexibility index (Phi) is 6.83. The van der Waals surface area contributed by atoms with E-state index in [1.165, 1.54) is 22.3 Å². The molecule has 5 heteroatoms. The highest BCUT2D eigenvalue weighted by Crippen LogP contribution is 2.45. The summed E-state index contributed by atoms with van der Waals surface area (Å²) in [6.07, 6.45) is 3.39. The molecule has 5 nitrogen and oxygen atoms in total. The third kappa shape index (κ3) is 4.67. The van der Waals surface area contributed by atoms with E-state index in [1.807, 2.05) is 65.6 Å². The first kappa shape index (κ1) is 26.2. The van der Waals surface area contributed by atoms with Gasteiger partial charge in [0, 0.05) is 30.3 Å². The van der Waals surface area contributed by atoms with Crippen LogP contribution in [0.3, 0.4) is 0 Å². The van der Waals surface area contributed by atoms with Crippen LogP contribution < -0.4 is 0 Å². The van der Waals surface area contributed by atoms with E-state index < -0.39 is 0 Å². The second kappa shape index (κ2) is 10.9. The molecule has 1 amide bonds. The number of amides is 1. The molecule has 2 unspecified atom stereocenters. The quantitative estimate of drug-likeness (QED) is 0.248. The molecular formula is C37H32N2O3. The number of Topliss-reactive ketones (excluding diaryl/α,β-unsaturated/α-hetero) is 1. The normalized spacial score (nSPS) is 20.5. The number of nitrogens with zero attached hydrogens (tertiary/aromatic N) is 2. The highest BCUT2D eigenvalue weighted by atomic mass is 16.6. The fourth-order valence-electron chi connectivity index (χ4n) is 7.39. The number of ether oxygens (including phenoxy) is 1. The van der Waals surface area contributed by atoms with Gasteiger partial charge in [0.25, 0.3) is 0 Å². The summed E-state index contributed by atoms with van der Waals surface area (Å²) >= 11 is 0. The molecule has 0 aromatic heterocycles. The van der Waals surface area contributed by atoms with Crippen molar-refractivity contribution in [3.05, 3.63) is 119 Å². The molecule has 3 aliphatic rings. The summed E-state index contributed by atoms with van der Waals surface area (Å²) in [6.45, 7) is 0.319. The number of ketones is 1. The van der Waals surface area contributed by atoms with Gasteiger partial charge in [0.05, 0.1) is 11.6 Å². The van der Waals surface area contributed by atoms with E-state index in [4.69, 9.17) is 4.74 Å². The number of carbonyl (C=O) groups is 2. The smallest absolute Gasteiger partial charge is 0.410 e. The number of piperidine rings is 1. The van der Waals surface area contributed by atoms with Crippen LogP contribution in [-0.2, 0) is 16.0 Å². The molecule has 2 fully saturated rings. The van der Waals surface area contributed by atoms with Gasteiger partial charge in [0.2, 0.25) is 0 Å². The van der Waals surface area contributed by atoms with Gasteiger partial charge in [-0.15, -0.1) is 0 Å². The van der Waals surface area contributed by atoms with E-state index in [0.29, 0.717) is 31.4 Å². The molecule has 4 aromatic carbocycles. The maximum atomic E-state index is 13.4. The summed E-state index contributed by atoms with van der Waals surface area (Å²) < 4.78 is 6.00. The van der Waals surface area contributed by atoms with Crippen LogP contribution in [0.4, 0.5) is 4.79 Å². The Morgan fingerprint density at radius 1 is 0.762 bits per heavy atom. The van der Waals surface area contributed by atoms with Crippen LogP contribution in [0.2, 0.25) is 0 Å². The molecular weight excluding hydrogens is 520 g/mol. The van der Waals surface area contributed by atoms with E-state index in [2.05, 4.69) is 42.5 Å². The standard InChI is InChI=1S/C37H32N2O3/c38-22-26-7-1-2-8-30(26)25-15-13-24(14-16-25)19-36(40)27-20-28-17-18-29(21-27)39(28)37(41)42-23-35-33-11-5-3-9-31(33)32-10-4-6-12-34(32)35/h1-16,27-29,35H,17-21,23H2. The molecule has 208 valence electrons. The van der Waals surface area contributed by atoms with Crippen LogP contribution in [0, 0.1) is 17.2 Å². The topological polar surface area (TPSA) is 70.4 Å². The molecule has 2 atom stereocenters. The third-order valence-corrected chi connectivity index (χ3v) is 9.43. The molecule has 2 bridgehead atoms. The van der Waals surface area contributed by atoms with Gasteiger partial charge < -0.3 is 9.64 Å². The SMILES string of the molecule is N#Cc1ccccc1-c1ccc(CC(=O)C2CC3CCC(C2)N3C(=O)OCC2c3ccccc3-c3ccccc32)cc1.